The Balaban J connectivity index is 1.55. The van der Waals surface area contributed by atoms with E-state index in [4.69, 9.17) is 9.47 Å². The van der Waals surface area contributed by atoms with Crippen LogP contribution < -0.4 is 4.74 Å². The zero-order valence-corrected chi connectivity index (χ0v) is 16.7. The van der Waals surface area contributed by atoms with Crippen LogP contribution in [-0.2, 0) is 11.3 Å². The molecule has 2 unspecified atom stereocenters. The quantitative estimate of drug-likeness (QED) is 0.869. The summed E-state index contributed by atoms with van der Waals surface area (Å²) in [6.45, 7) is 6.77. The Bertz CT molecular complexity index is 771. The Morgan fingerprint density at radius 2 is 1.96 bits per heavy atom. The van der Waals surface area contributed by atoms with Crippen molar-refractivity contribution in [2.45, 2.75) is 51.4 Å². The first kappa shape index (κ1) is 20.1. The maximum atomic E-state index is 12.2. The molecular weight excluding hydrogens is 356 g/mol. The minimum Gasteiger partial charge on any atom is -0.473 e. The van der Waals surface area contributed by atoms with Crippen LogP contribution in [0.3, 0.4) is 0 Å². The number of hydrogen-bond acceptors (Lipinski definition) is 5. The van der Waals surface area contributed by atoms with Gasteiger partial charge >= 0.3 is 6.09 Å². The fourth-order valence-electron chi connectivity index (χ4n) is 3.24. The number of aliphatic hydroxyl groups is 1. The molecule has 28 heavy (non-hydrogen) atoms. The van der Waals surface area contributed by atoms with Crippen molar-refractivity contribution in [2.24, 2.45) is 0 Å². The summed E-state index contributed by atoms with van der Waals surface area (Å²) in [6.07, 6.45) is 1.37. The highest BCUT2D eigenvalue weighted by Gasteiger charge is 2.33. The van der Waals surface area contributed by atoms with Gasteiger partial charge in [-0.25, -0.2) is 9.78 Å². The second-order valence-corrected chi connectivity index (χ2v) is 8.09. The summed E-state index contributed by atoms with van der Waals surface area (Å²) in [7, 11) is 0. The first-order chi connectivity index (χ1) is 13.3. The lowest BCUT2D eigenvalue weighted by Crippen LogP contribution is -2.47. The van der Waals surface area contributed by atoms with Gasteiger partial charge in [0.2, 0.25) is 5.88 Å². The van der Waals surface area contributed by atoms with Crippen molar-refractivity contribution in [1.82, 2.24) is 9.88 Å². The number of β-amino-alcohol motifs (C(OH)–C–C–N with tert-alkyl or cyclic N) is 1. The average Bonchev–Trinajstić information content (AvgIpc) is 2.66. The first-order valence-electron chi connectivity index (χ1n) is 9.60. The van der Waals surface area contributed by atoms with Gasteiger partial charge in [0.25, 0.3) is 0 Å². The van der Waals surface area contributed by atoms with Gasteiger partial charge in [-0.05, 0) is 38.3 Å². The molecule has 1 aliphatic heterocycles. The fraction of sp³-hybridized carbons (Fsp3) is 0.455. The minimum absolute atomic E-state index is 0.0608. The smallest absolute Gasteiger partial charge is 0.410 e. The van der Waals surface area contributed by atoms with Crippen LogP contribution in [-0.4, -0.2) is 45.9 Å². The number of piperidine rings is 1. The highest BCUT2D eigenvalue weighted by atomic mass is 16.6. The second-order valence-electron chi connectivity index (χ2n) is 8.09. The predicted octanol–water partition coefficient (Wildman–Crippen LogP) is 3.75. The van der Waals surface area contributed by atoms with Crippen molar-refractivity contribution >= 4 is 6.09 Å². The van der Waals surface area contributed by atoms with E-state index in [0.29, 0.717) is 25.5 Å². The Hall–Kier alpha value is -2.60. The van der Waals surface area contributed by atoms with Gasteiger partial charge in [0.05, 0.1) is 12.6 Å². The molecule has 2 heterocycles. The van der Waals surface area contributed by atoms with E-state index in [1.807, 2.05) is 63.2 Å². The monoisotopic (exact) mass is 384 g/mol. The summed E-state index contributed by atoms with van der Waals surface area (Å²) in [4.78, 5) is 18.1. The second kappa shape index (κ2) is 8.61. The number of aliphatic hydroxyl groups excluding tert-OH is 1. The number of rotatable bonds is 4. The SMILES string of the molecule is CC(C)(C)OC(=O)N1CCC(c2ccc(OCc3ccccc3)nc2)C(O)C1. The van der Waals surface area contributed by atoms with Crippen molar-refractivity contribution in [3.8, 4) is 5.88 Å². The van der Waals surface area contributed by atoms with Gasteiger partial charge in [-0.2, -0.15) is 0 Å². The third kappa shape index (κ3) is 5.45. The summed E-state index contributed by atoms with van der Waals surface area (Å²) >= 11 is 0. The molecule has 1 amide bonds. The number of ether oxygens (including phenoxy) is 2. The van der Waals surface area contributed by atoms with Crippen LogP contribution in [0.5, 0.6) is 5.88 Å². The fourth-order valence-corrected chi connectivity index (χ4v) is 3.24. The van der Waals surface area contributed by atoms with Crippen LogP contribution in [0.1, 0.15) is 44.2 Å². The molecule has 0 radical (unpaired) electrons. The van der Waals surface area contributed by atoms with Crippen molar-refractivity contribution in [2.75, 3.05) is 13.1 Å². The molecule has 1 fully saturated rings. The van der Waals surface area contributed by atoms with Crippen LogP contribution in [0, 0.1) is 0 Å². The third-order valence-corrected chi connectivity index (χ3v) is 4.65. The Kier molecular flexibility index (Phi) is 6.19. The normalized spacial score (nSPS) is 19.9. The van der Waals surface area contributed by atoms with Gasteiger partial charge < -0.3 is 19.5 Å². The Labute approximate surface area is 166 Å². The van der Waals surface area contributed by atoms with E-state index < -0.39 is 11.7 Å². The lowest BCUT2D eigenvalue weighted by Gasteiger charge is -2.36. The largest absolute Gasteiger partial charge is 0.473 e. The van der Waals surface area contributed by atoms with Gasteiger partial charge in [-0.15, -0.1) is 0 Å². The number of benzene rings is 1. The zero-order valence-electron chi connectivity index (χ0n) is 16.7. The van der Waals surface area contributed by atoms with Crippen molar-refractivity contribution in [3.05, 3.63) is 59.8 Å². The molecule has 6 nitrogen and oxygen atoms in total. The van der Waals surface area contributed by atoms with E-state index in [0.717, 1.165) is 11.1 Å². The number of likely N-dealkylation sites (tertiary alicyclic amines) is 1. The molecule has 1 N–H and O–H groups in total. The lowest BCUT2D eigenvalue weighted by atomic mass is 9.88. The maximum absolute atomic E-state index is 12.2. The molecule has 0 bridgehead atoms. The van der Waals surface area contributed by atoms with E-state index in [-0.39, 0.29) is 18.6 Å². The van der Waals surface area contributed by atoms with Gasteiger partial charge in [0.15, 0.2) is 0 Å². The molecule has 6 heteroatoms. The molecule has 1 aromatic carbocycles. The number of aromatic nitrogens is 1. The minimum atomic E-state index is -0.654. The number of carbonyl (C=O) groups is 1. The molecule has 150 valence electrons. The zero-order chi connectivity index (χ0) is 20.1. The molecule has 1 aromatic heterocycles. The van der Waals surface area contributed by atoms with Gasteiger partial charge in [0.1, 0.15) is 12.2 Å². The van der Waals surface area contributed by atoms with Crippen molar-refractivity contribution in [3.63, 3.8) is 0 Å². The van der Waals surface area contributed by atoms with Crippen LogP contribution in [0.15, 0.2) is 48.7 Å². The molecule has 2 aromatic rings. The van der Waals surface area contributed by atoms with Crippen LogP contribution in [0.4, 0.5) is 4.79 Å². The van der Waals surface area contributed by atoms with E-state index in [1.165, 1.54) is 0 Å². The summed E-state index contributed by atoms with van der Waals surface area (Å²) < 4.78 is 11.1. The van der Waals surface area contributed by atoms with Gasteiger partial charge in [-0.1, -0.05) is 36.4 Å². The Morgan fingerprint density at radius 3 is 2.57 bits per heavy atom. The van der Waals surface area contributed by atoms with Crippen molar-refractivity contribution in [1.29, 1.82) is 0 Å². The van der Waals surface area contributed by atoms with E-state index in [9.17, 15) is 9.90 Å². The number of nitrogens with zero attached hydrogens (tertiary/aromatic N) is 2. The van der Waals surface area contributed by atoms with Crippen LogP contribution in [0.25, 0.3) is 0 Å². The standard InChI is InChI=1S/C22H28N2O4/c1-22(2,3)28-21(26)24-12-11-18(19(25)14-24)17-9-10-20(23-13-17)27-15-16-7-5-4-6-8-16/h4-10,13,18-19,25H,11-12,14-15H2,1-3H3. The Morgan fingerprint density at radius 1 is 1.21 bits per heavy atom. The lowest BCUT2D eigenvalue weighted by molar-refractivity contribution is -0.00155. The third-order valence-electron chi connectivity index (χ3n) is 4.65. The van der Waals surface area contributed by atoms with E-state index >= 15 is 0 Å². The molecule has 1 saturated heterocycles. The number of pyridine rings is 1. The molecular formula is C22H28N2O4. The number of carbonyl (C=O) groups excluding carboxylic acids is 1. The molecule has 0 saturated carbocycles. The average molecular weight is 384 g/mol. The molecule has 2 atom stereocenters. The van der Waals surface area contributed by atoms with Crippen molar-refractivity contribution < 1.29 is 19.4 Å². The van der Waals surface area contributed by atoms with Gasteiger partial charge in [-0.3, -0.25) is 0 Å². The summed E-state index contributed by atoms with van der Waals surface area (Å²) in [5, 5.41) is 10.6. The first-order valence-corrected chi connectivity index (χ1v) is 9.60. The highest BCUT2D eigenvalue weighted by molar-refractivity contribution is 5.68. The van der Waals surface area contributed by atoms with Crippen LogP contribution in [0.2, 0.25) is 0 Å². The molecule has 3 rings (SSSR count). The maximum Gasteiger partial charge on any atom is 0.410 e. The summed E-state index contributed by atoms with van der Waals surface area (Å²) in [6, 6.07) is 13.7. The number of hydrogen-bond donors (Lipinski definition) is 1. The highest BCUT2D eigenvalue weighted by Crippen LogP contribution is 2.29. The number of amides is 1. The van der Waals surface area contributed by atoms with Crippen LogP contribution >= 0.6 is 0 Å². The van der Waals surface area contributed by atoms with Gasteiger partial charge in [0, 0.05) is 24.7 Å². The summed E-state index contributed by atoms with van der Waals surface area (Å²) in [5.41, 5.74) is 1.49. The topological polar surface area (TPSA) is 71.9 Å². The molecule has 1 aliphatic rings. The van der Waals surface area contributed by atoms with E-state index in [2.05, 4.69) is 4.98 Å². The van der Waals surface area contributed by atoms with E-state index in [1.54, 1.807) is 11.1 Å². The predicted molar refractivity (Wildman–Crippen MR) is 106 cm³/mol. The summed E-state index contributed by atoms with van der Waals surface area (Å²) in [5.74, 6) is 0.489. The molecule has 0 spiro atoms. The molecule has 0 aliphatic carbocycles.